The summed E-state index contributed by atoms with van der Waals surface area (Å²) in [5.74, 6) is -0.0212. The molecular weight excluding hydrogens is 308 g/mol. The fourth-order valence-corrected chi connectivity index (χ4v) is 3.44. The van der Waals surface area contributed by atoms with Crippen LogP contribution in [0.15, 0.2) is 78.9 Å². The molecule has 3 aromatic carbocycles. The van der Waals surface area contributed by atoms with Gasteiger partial charge < -0.3 is 0 Å². The molecule has 3 nitrogen and oxygen atoms in total. The van der Waals surface area contributed by atoms with Gasteiger partial charge in [0.2, 0.25) is 0 Å². The summed E-state index contributed by atoms with van der Waals surface area (Å²) in [4.78, 5) is 13.1. The van der Waals surface area contributed by atoms with Gasteiger partial charge in [-0.3, -0.25) is 9.80 Å². The zero-order valence-electron chi connectivity index (χ0n) is 14.2. The van der Waals surface area contributed by atoms with E-state index in [4.69, 9.17) is 0 Å². The number of carbonyl (C=O) groups excluding carboxylic acids is 1. The van der Waals surface area contributed by atoms with E-state index < -0.39 is 0 Å². The van der Waals surface area contributed by atoms with Crippen LogP contribution in [-0.4, -0.2) is 18.0 Å². The molecule has 0 saturated carbocycles. The normalized spacial score (nSPS) is 12.8. The van der Waals surface area contributed by atoms with Gasteiger partial charge in [-0.05, 0) is 48.2 Å². The highest BCUT2D eigenvalue weighted by Crippen LogP contribution is 2.37. The summed E-state index contributed by atoms with van der Waals surface area (Å²) in [6, 6.07) is 26.1. The Kier molecular flexibility index (Phi) is 3.98. The molecule has 1 aliphatic rings. The summed E-state index contributed by atoms with van der Waals surface area (Å²) in [5.41, 5.74) is 5.33. The van der Waals surface area contributed by atoms with Crippen molar-refractivity contribution in [3.8, 4) is 0 Å². The Morgan fingerprint density at radius 1 is 0.760 bits per heavy atom. The Hall–Kier alpha value is -3.07. The molecule has 1 aliphatic heterocycles. The van der Waals surface area contributed by atoms with Gasteiger partial charge in [0.05, 0.1) is 11.4 Å². The number of nitrogens with zero attached hydrogens (tertiary/aromatic N) is 2. The van der Waals surface area contributed by atoms with Crippen molar-refractivity contribution in [1.82, 2.24) is 5.01 Å². The molecule has 0 aromatic heterocycles. The minimum atomic E-state index is -0.0212. The van der Waals surface area contributed by atoms with E-state index in [-0.39, 0.29) is 5.91 Å². The predicted molar refractivity (Wildman–Crippen MR) is 101 cm³/mol. The highest BCUT2D eigenvalue weighted by Gasteiger charge is 2.26. The third kappa shape index (κ3) is 2.78. The number of benzene rings is 3. The maximum Gasteiger partial charge on any atom is 0.272 e. The van der Waals surface area contributed by atoms with Gasteiger partial charge in [-0.2, -0.15) is 0 Å². The summed E-state index contributed by atoms with van der Waals surface area (Å²) < 4.78 is 0. The number of para-hydroxylation sites is 2. The van der Waals surface area contributed by atoms with Crippen molar-refractivity contribution >= 4 is 17.3 Å². The second-order valence-electron chi connectivity index (χ2n) is 6.26. The third-order valence-electron chi connectivity index (χ3n) is 4.72. The summed E-state index contributed by atoms with van der Waals surface area (Å²) in [6.07, 6.45) is 1.94. The third-order valence-corrected chi connectivity index (χ3v) is 4.72. The minimum Gasteiger partial charge on any atom is -0.267 e. The van der Waals surface area contributed by atoms with Crippen LogP contribution in [0.2, 0.25) is 0 Å². The minimum absolute atomic E-state index is 0.0212. The highest BCUT2D eigenvalue weighted by molar-refractivity contribution is 5.96. The van der Waals surface area contributed by atoms with Crippen molar-refractivity contribution < 1.29 is 4.79 Å². The van der Waals surface area contributed by atoms with E-state index in [1.54, 1.807) is 5.01 Å². The largest absolute Gasteiger partial charge is 0.272 e. The number of fused-ring (bicyclic) bond motifs is 2. The van der Waals surface area contributed by atoms with Gasteiger partial charge in [-0.15, -0.1) is 0 Å². The van der Waals surface area contributed by atoms with E-state index in [1.807, 2.05) is 54.5 Å². The lowest BCUT2D eigenvalue weighted by molar-refractivity contribution is 0.0795. The number of anilines is 2. The Morgan fingerprint density at radius 2 is 1.24 bits per heavy atom. The van der Waals surface area contributed by atoms with Crippen molar-refractivity contribution in [2.45, 2.75) is 12.8 Å². The maximum absolute atomic E-state index is 13.1. The van der Waals surface area contributed by atoms with Crippen molar-refractivity contribution in [1.29, 1.82) is 0 Å². The van der Waals surface area contributed by atoms with Crippen molar-refractivity contribution in [2.24, 2.45) is 0 Å². The molecule has 0 N–H and O–H groups in total. The zero-order chi connectivity index (χ0) is 17.2. The van der Waals surface area contributed by atoms with Gasteiger partial charge in [0.15, 0.2) is 0 Å². The van der Waals surface area contributed by atoms with E-state index in [0.717, 1.165) is 24.2 Å². The lowest BCUT2D eigenvalue weighted by Crippen LogP contribution is -2.41. The Bertz CT molecular complexity index is 857. The van der Waals surface area contributed by atoms with Crippen LogP contribution in [-0.2, 0) is 12.8 Å². The van der Waals surface area contributed by atoms with Crippen molar-refractivity contribution in [2.75, 3.05) is 12.1 Å². The molecule has 0 atom stereocenters. The van der Waals surface area contributed by atoms with E-state index in [9.17, 15) is 4.79 Å². The van der Waals surface area contributed by atoms with E-state index in [2.05, 4.69) is 36.4 Å². The first-order valence-electron chi connectivity index (χ1n) is 8.54. The average molecular weight is 328 g/mol. The fraction of sp³-hybridized carbons (Fsp3) is 0.136. The zero-order valence-corrected chi connectivity index (χ0v) is 14.2. The van der Waals surface area contributed by atoms with Crippen LogP contribution in [0.3, 0.4) is 0 Å². The number of rotatable bonds is 2. The molecule has 0 radical (unpaired) electrons. The number of carbonyl (C=O) groups is 1. The molecule has 25 heavy (non-hydrogen) atoms. The van der Waals surface area contributed by atoms with Crippen LogP contribution < -0.4 is 5.01 Å². The molecule has 4 rings (SSSR count). The molecule has 124 valence electrons. The molecule has 3 heteroatoms. The highest BCUT2D eigenvalue weighted by atomic mass is 16.2. The van der Waals surface area contributed by atoms with Crippen molar-refractivity contribution in [3.63, 3.8) is 0 Å². The number of hydrazine groups is 1. The topological polar surface area (TPSA) is 23.6 Å². The Labute approximate surface area is 148 Å². The summed E-state index contributed by atoms with van der Waals surface area (Å²) in [5, 5.41) is 3.77. The van der Waals surface area contributed by atoms with E-state index in [0.29, 0.717) is 5.56 Å². The van der Waals surface area contributed by atoms with Crippen LogP contribution in [0.1, 0.15) is 21.5 Å². The summed E-state index contributed by atoms with van der Waals surface area (Å²) in [6.45, 7) is 0. The van der Waals surface area contributed by atoms with Gasteiger partial charge in [0.25, 0.3) is 5.91 Å². The Morgan fingerprint density at radius 3 is 1.80 bits per heavy atom. The first-order valence-corrected chi connectivity index (χ1v) is 8.54. The van der Waals surface area contributed by atoms with Crippen LogP contribution >= 0.6 is 0 Å². The van der Waals surface area contributed by atoms with E-state index in [1.165, 1.54) is 11.1 Å². The molecular formula is C22H20N2O. The first kappa shape index (κ1) is 15.5. The van der Waals surface area contributed by atoms with Gasteiger partial charge in [0, 0.05) is 12.6 Å². The van der Waals surface area contributed by atoms with Crippen molar-refractivity contribution in [3.05, 3.63) is 95.6 Å². The quantitative estimate of drug-likeness (QED) is 0.686. The maximum atomic E-state index is 13.1. The van der Waals surface area contributed by atoms with Crippen LogP contribution in [0, 0.1) is 0 Å². The second kappa shape index (κ2) is 6.44. The second-order valence-corrected chi connectivity index (χ2v) is 6.26. The van der Waals surface area contributed by atoms with E-state index >= 15 is 0 Å². The van der Waals surface area contributed by atoms with Crippen LogP contribution in [0.25, 0.3) is 0 Å². The molecule has 0 saturated heterocycles. The molecule has 0 spiro atoms. The standard InChI is InChI=1S/C22H20N2O/c1-23(22(25)19-11-3-2-4-12-19)24-20-13-7-5-9-17(20)15-16-18-10-6-8-14-21(18)24/h2-14H,15-16H2,1H3. The molecule has 1 heterocycles. The van der Waals surface area contributed by atoms with Gasteiger partial charge in [0.1, 0.15) is 0 Å². The lowest BCUT2D eigenvalue weighted by Gasteiger charge is -2.35. The molecule has 1 amide bonds. The molecule has 0 bridgehead atoms. The lowest BCUT2D eigenvalue weighted by atomic mass is 10.0. The molecule has 0 unspecified atom stereocenters. The molecule has 0 fully saturated rings. The van der Waals surface area contributed by atoms with Gasteiger partial charge in [-0.25, -0.2) is 5.01 Å². The smallest absolute Gasteiger partial charge is 0.267 e. The van der Waals surface area contributed by atoms with Gasteiger partial charge in [-0.1, -0.05) is 54.6 Å². The monoisotopic (exact) mass is 328 g/mol. The predicted octanol–water partition coefficient (Wildman–Crippen LogP) is 4.61. The number of hydrogen-bond acceptors (Lipinski definition) is 2. The average Bonchev–Trinajstić information content (AvgIpc) is 2.84. The fourth-order valence-electron chi connectivity index (χ4n) is 3.44. The number of aryl methyl sites for hydroxylation is 2. The molecule has 0 aliphatic carbocycles. The number of hydrogen-bond donors (Lipinski definition) is 0. The van der Waals surface area contributed by atoms with Crippen LogP contribution in [0.5, 0.6) is 0 Å². The molecule has 3 aromatic rings. The number of amides is 1. The van der Waals surface area contributed by atoms with Gasteiger partial charge >= 0.3 is 0 Å². The summed E-state index contributed by atoms with van der Waals surface area (Å²) >= 11 is 0. The SMILES string of the molecule is CN(C(=O)c1ccccc1)N1c2ccccc2CCc2ccccc21. The first-order chi connectivity index (χ1) is 12.3. The Balaban J connectivity index is 1.84. The van der Waals surface area contributed by atoms with Crippen LogP contribution in [0.4, 0.5) is 11.4 Å². The summed E-state index contributed by atoms with van der Waals surface area (Å²) in [7, 11) is 1.84.